The van der Waals surface area contributed by atoms with Gasteiger partial charge in [0.1, 0.15) is 6.54 Å². The fourth-order valence-electron chi connectivity index (χ4n) is 3.66. The molecule has 23 heavy (non-hydrogen) atoms. The molecule has 1 aliphatic heterocycles. The molecule has 2 atom stereocenters. The van der Waals surface area contributed by atoms with Crippen molar-refractivity contribution in [1.82, 2.24) is 4.98 Å². The summed E-state index contributed by atoms with van der Waals surface area (Å²) in [5.41, 5.74) is 1.85. The number of benzene rings is 1. The lowest BCUT2D eigenvalue weighted by Crippen LogP contribution is -3.12. The van der Waals surface area contributed by atoms with Crippen molar-refractivity contribution in [3.63, 3.8) is 0 Å². The van der Waals surface area contributed by atoms with Gasteiger partial charge in [0.05, 0.1) is 30.1 Å². The summed E-state index contributed by atoms with van der Waals surface area (Å²) in [5.74, 6) is -0.586. The summed E-state index contributed by atoms with van der Waals surface area (Å²) >= 11 is 0. The van der Waals surface area contributed by atoms with Crippen LogP contribution in [-0.4, -0.2) is 24.0 Å². The van der Waals surface area contributed by atoms with E-state index in [-0.39, 0.29) is 11.0 Å². The first-order valence-corrected chi connectivity index (χ1v) is 8.16. The number of likely N-dealkylation sites (tertiary alicyclic amines) is 1. The summed E-state index contributed by atoms with van der Waals surface area (Å²) in [7, 11) is 0. The summed E-state index contributed by atoms with van der Waals surface area (Å²) in [4.78, 5) is 28.6. The molecule has 5 heteroatoms. The van der Waals surface area contributed by atoms with Crippen LogP contribution in [0, 0.1) is 12.8 Å². The zero-order chi connectivity index (χ0) is 16.6. The second-order valence-electron chi connectivity index (χ2n) is 6.70. The largest absolute Gasteiger partial charge is 0.545 e. The van der Waals surface area contributed by atoms with E-state index >= 15 is 0 Å². The predicted molar refractivity (Wildman–Crippen MR) is 86.4 cm³/mol. The molecule has 0 amide bonds. The van der Waals surface area contributed by atoms with Gasteiger partial charge >= 0.3 is 0 Å². The Morgan fingerprint density at radius 1 is 1.43 bits per heavy atom. The number of nitrogens with one attached hydrogen (secondary N) is 2. The van der Waals surface area contributed by atoms with Crippen molar-refractivity contribution in [2.24, 2.45) is 5.92 Å². The van der Waals surface area contributed by atoms with E-state index in [0.717, 1.165) is 24.3 Å². The summed E-state index contributed by atoms with van der Waals surface area (Å²) in [6.07, 6.45) is 2.45. The third-order valence-electron chi connectivity index (χ3n) is 4.86. The summed E-state index contributed by atoms with van der Waals surface area (Å²) in [6.45, 7) is 6.95. The molecule has 5 nitrogen and oxygen atoms in total. The molecule has 1 saturated heterocycles. The third kappa shape index (κ3) is 3.01. The lowest BCUT2D eigenvalue weighted by molar-refractivity contribution is -0.922. The van der Waals surface area contributed by atoms with Gasteiger partial charge in [-0.2, -0.15) is 0 Å². The zero-order valence-corrected chi connectivity index (χ0v) is 13.6. The van der Waals surface area contributed by atoms with Gasteiger partial charge < -0.3 is 19.8 Å². The molecule has 1 aromatic carbocycles. The highest BCUT2D eigenvalue weighted by Crippen LogP contribution is 2.15. The highest BCUT2D eigenvalue weighted by atomic mass is 16.4. The minimum absolute atomic E-state index is 0.0354. The third-order valence-corrected chi connectivity index (χ3v) is 4.86. The number of aryl methyl sites for hydroxylation is 1. The number of piperidine rings is 1. The second-order valence-corrected chi connectivity index (χ2v) is 6.70. The Morgan fingerprint density at radius 3 is 2.91 bits per heavy atom. The molecule has 2 heterocycles. The first-order valence-electron chi connectivity index (χ1n) is 8.16. The molecular formula is C18H22N2O3. The molecule has 0 radical (unpaired) electrons. The molecule has 1 aliphatic rings. The number of pyridine rings is 1. The van der Waals surface area contributed by atoms with Crippen molar-refractivity contribution in [2.45, 2.75) is 33.2 Å². The molecule has 2 N–H and O–H groups in total. The highest BCUT2D eigenvalue weighted by Gasteiger charge is 2.22. The van der Waals surface area contributed by atoms with Crippen LogP contribution < -0.4 is 15.4 Å². The minimum atomic E-state index is -1.27. The lowest BCUT2D eigenvalue weighted by atomic mass is 9.99. The number of fused-ring (bicyclic) bond motifs is 1. The lowest BCUT2D eigenvalue weighted by Gasteiger charge is -2.28. The molecule has 3 rings (SSSR count). The highest BCUT2D eigenvalue weighted by molar-refractivity contribution is 6.00. The quantitative estimate of drug-likeness (QED) is 0.838. The van der Waals surface area contributed by atoms with Gasteiger partial charge in [0.15, 0.2) is 5.43 Å². The number of carbonyl (C=O) groups excluding carboxylic acids is 1. The molecule has 0 spiro atoms. The molecule has 122 valence electrons. The van der Waals surface area contributed by atoms with Crippen molar-refractivity contribution < 1.29 is 14.8 Å². The van der Waals surface area contributed by atoms with Crippen molar-refractivity contribution in [3.05, 3.63) is 45.2 Å². The molecule has 2 aromatic rings. The zero-order valence-electron chi connectivity index (χ0n) is 13.6. The standard InChI is InChI=1S/C18H22N2O3/c1-11-5-4-8-20(9-11)10-15-12(2)19-16-13(17(15)21)6-3-7-14(16)18(22)23/h3,6-7,11H,4-5,8-10H2,1-2H3,(H,19,21)(H,22,23)/t11-/m0/s1. The van der Waals surface area contributed by atoms with Crippen molar-refractivity contribution >= 4 is 16.9 Å². The van der Waals surface area contributed by atoms with Crippen LogP contribution in [0.4, 0.5) is 0 Å². The maximum absolute atomic E-state index is 12.8. The first kappa shape index (κ1) is 15.7. The number of rotatable bonds is 3. The van der Waals surface area contributed by atoms with Crippen molar-refractivity contribution in [1.29, 1.82) is 0 Å². The van der Waals surface area contributed by atoms with Gasteiger partial charge in [-0.05, 0) is 25.8 Å². The average Bonchev–Trinajstić information content (AvgIpc) is 2.51. The normalized spacial score (nSPS) is 21.5. The van der Waals surface area contributed by atoms with Gasteiger partial charge in [0.2, 0.25) is 0 Å². The van der Waals surface area contributed by atoms with Gasteiger partial charge in [0.25, 0.3) is 0 Å². The van der Waals surface area contributed by atoms with Gasteiger partial charge in [0, 0.05) is 22.6 Å². The number of carboxylic acid groups (broad SMARTS) is 1. The molecule has 0 aliphatic carbocycles. The number of para-hydroxylation sites is 1. The van der Waals surface area contributed by atoms with Crippen LogP contribution in [0.3, 0.4) is 0 Å². The predicted octanol–water partition coefficient (Wildman–Crippen LogP) is 0.0148. The number of aromatic nitrogens is 1. The van der Waals surface area contributed by atoms with Crippen LogP contribution in [-0.2, 0) is 6.54 Å². The van der Waals surface area contributed by atoms with Crippen LogP contribution in [0.25, 0.3) is 10.9 Å². The van der Waals surface area contributed by atoms with E-state index in [1.54, 1.807) is 12.1 Å². The first-order chi connectivity index (χ1) is 11.0. The maximum Gasteiger partial charge on any atom is 0.198 e. The Bertz CT molecular complexity index is 810. The second kappa shape index (κ2) is 6.16. The van der Waals surface area contributed by atoms with Crippen LogP contribution >= 0.6 is 0 Å². The number of hydrogen-bond donors (Lipinski definition) is 2. The molecule has 1 unspecified atom stereocenters. The van der Waals surface area contributed by atoms with Gasteiger partial charge in [-0.15, -0.1) is 0 Å². The number of aromatic carboxylic acids is 1. The Kier molecular flexibility index (Phi) is 4.22. The van der Waals surface area contributed by atoms with Crippen LogP contribution in [0.15, 0.2) is 23.0 Å². The van der Waals surface area contributed by atoms with Crippen molar-refractivity contribution in [3.8, 4) is 0 Å². The molecular weight excluding hydrogens is 292 g/mol. The number of carboxylic acids is 1. The number of quaternary nitrogens is 1. The fourth-order valence-corrected chi connectivity index (χ4v) is 3.66. The fraction of sp³-hybridized carbons (Fsp3) is 0.444. The SMILES string of the molecule is Cc1[nH]c2c(C(=O)[O-])cccc2c(=O)c1C[NH+]1CCC[C@H](C)C1. The van der Waals surface area contributed by atoms with Crippen molar-refractivity contribution in [2.75, 3.05) is 13.1 Å². The van der Waals surface area contributed by atoms with Gasteiger partial charge in [-0.1, -0.05) is 19.1 Å². The van der Waals surface area contributed by atoms with Crippen LogP contribution in [0.2, 0.25) is 0 Å². The van der Waals surface area contributed by atoms with E-state index < -0.39 is 5.97 Å². The Labute approximate surface area is 134 Å². The summed E-state index contributed by atoms with van der Waals surface area (Å²) in [5, 5.41) is 11.7. The monoisotopic (exact) mass is 314 g/mol. The van der Waals surface area contributed by atoms with E-state index in [1.807, 2.05) is 6.92 Å². The van der Waals surface area contributed by atoms with E-state index in [2.05, 4.69) is 11.9 Å². The summed E-state index contributed by atoms with van der Waals surface area (Å²) < 4.78 is 0. The van der Waals surface area contributed by atoms with Gasteiger partial charge in [-0.3, -0.25) is 4.79 Å². The van der Waals surface area contributed by atoms with Crippen LogP contribution in [0.1, 0.15) is 41.4 Å². The van der Waals surface area contributed by atoms with E-state index in [9.17, 15) is 14.7 Å². The average molecular weight is 314 g/mol. The number of aromatic amines is 1. The topological polar surface area (TPSA) is 77.4 Å². The van der Waals surface area contributed by atoms with E-state index in [1.165, 1.54) is 23.8 Å². The summed E-state index contributed by atoms with van der Waals surface area (Å²) in [6, 6.07) is 4.74. The number of hydrogen-bond acceptors (Lipinski definition) is 3. The Hall–Kier alpha value is -2.14. The molecule has 0 bridgehead atoms. The number of H-pyrrole nitrogens is 1. The maximum atomic E-state index is 12.8. The minimum Gasteiger partial charge on any atom is -0.545 e. The van der Waals surface area contributed by atoms with E-state index in [4.69, 9.17) is 0 Å². The molecule has 1 aromatic heterocycles. The molecule has 1 fully saturated rings. The smallest absolute Gasteiger partial charge is 0.198 e. The Balaban J connectivity index is 2.05. The van der Waals surface area contributed by atoms with E-state index in [0.29, 0.717) is 23.4 Å². The van der Waals surface area contributed by atoms with Crippen LogP contribution in [0.5, 0.6) is 0 Å². The Morgan fingerprint density at radius 2 is 2.22 bits per heavy atom. The molecule has 0 saturated carbocycles. The number of carbonyl (C=O) groups is 1. The van der Waals surface area contributed by atoms with Gasteiger partial charge in [-0.25, -0.2) is 0 Å².